The monoisotopic (exact) mass is 289 g/mol. The molecule has 0 radical (unpaired) electrons. The quantitative estimate of drug-likeness (QED) is 0.868. The summed E-state index contributed by atoms with van der Waals surface area (Å²) in [7, 11) is 2.18. The van der Waals surface area contributed by atoms with Gasteiger partial charge in [0.2, 0.25) is 0 Å². The van der Waals surface area contributed by atoms with Gasteiger partial charge < -0.3 is 5.11 Å². The van der Waals surface area contributed by atoms with Crippen molar-refractivity contribution in [1.29, 1.82) is 0 Å². The Labute approximate surface area is 128 Å². The third kappa shape index (κ3) is 4.57. The first-order valence-electron chi connectivity index (χ1n) is 8.09. The van der Waals surface area contributed by atoms with Crippen molar-refractivity contribution >= 4 is 5.97 Å². The molecule has 1 aromatic carbocycles. The number of carbonyl (C=O) groups is 1. The zero-order chi connectivity index (χ0) is 15.2. The van der Waals surface area contributed by atoms with Crippen molar-refractivity contribution in [3.05, 3.63) is 35.4 Å². The van der Waals surface area contributed by atoms with Crippen molar-refractivity contribution in [3.8, 4) is 0 Å². The molecule has 0 atom stereocenters. The molecule has 1 fully saturated rings. The fraction of sp³-hybridized carbons (Fsp3) is 0.611. The molecule has 0 unspecified atom stereocenters. The maximum absolute atomic E-state index is 11.0. The van der Waals surface area contributed by atoms with Gasteiger partial charge in [-0.1, -0.05) is 37.6 Å². The lowest BCUT2D eigenvalue weighted by atomic mass is 9.84. The fourth-order valence-electron chi connectivity index (χ4n) is 3.44. The number of benzene rings is 1. The Kier molecular flexibility index (Phi) is 5.80. The van der Waals surface area contributed by atoms with Crippen molar-refractivity contribution in [3.63, 3.8) is 0 Å². The molecular weight excluding hydrogens is 262 g/mol. The summed E-state index contributed by atoms with van der Waals surface area (Å²) in [5.41, 5.74) is 2.10. The highest BCUT2D eigenvalue weighted by atomic mass is 16.4. The van der Waals surface area contributed by atoms with Gasteiger partial charge in [0.25, 0.3) is 0 Å². The summed E-state index contributed by atoms with van der Waals surface area (Å²) in [6.45, 7) is 3.14. The molecule has 0 aliphatic heterocycles. The van der Waals surface area contributed by atoms with Crippen molar-refractivity contribution in [2.24, 2.45) is 5.92 Å². The van der Waals surface area contributed by atoms with E-state index in [1.54, 1.807) is 0 Å². The van der Waals surface area contributed by atoms with Crippen LogP contribution in [0.4, 0.5) is 0 Å². The summed E-state index contributed by atoms with van der Waals surface area (Å²) in [5, 5.41) is 9.02. The van der Waals surface area contributed by atoms with Crippen LogP contribution < -0.4 is 0 Å². The number of hydrogen-bond acceptors (Lipinski definition) is 2. The minimum Gasteiger partial charge on any atom is -0.481 e. The molecule has 21 heavy (non-hydrogen) atoms. The van der Waals surface area contributed by atoms with Gasteiger partial charge >= 0.3 is 5.97 Å². The van der Waals surface area contributed by atoms with Gasteiger partial charge in [0.05, 0.1) is 6.42 Å². The molecule has 2 rings (SSSR count). The number of carboxylic acids is 1. The van der Waals surface area contributed by atoms with E-state index in [4.69, 9.17) is 5.11 Å². The average Bonchev–Trinajstić information content (AvgIpc) is 2.49. The Morgan fingerprint density at radius 2 is 1.81 bits per heavy atom. The lowest BCUT2D eigenvalue weighted by molar-refractivity contribution is -0.136. The van der Waals surface area contributed by atoms with Gasteiger partial charge in [-0.2, -0.15) is 0 Å². The Hall–Kier alpha value is -1.35. The highest BCUT2D eigenvalue weighted by Crippen LogP contribution is 2.29. The van der Waals surface area contributed by atoms with Gasteiger partial charge in [-0.15, -0.1) is 0 Å². The van der Waals surface area contributed by atoms with Gasteiger partial charge in [0.1, 0.15) is 0 Å². The van der Waals surface area contributed by atoms with Gasteiger partial charge in [-0.05, 0) is 49.8 Å². The van der Waals surface area contributed by atoms with Gasteiger partial charge in [0.15, 0.2) is 0 Å². The lowest BCUT2D eigenvalue weighted by Crippen LogP contribution is -2.35. The summed E-state index contributed by atoms with van der Waals surface area (Å²) < 4.78 is 0. The maximum Gasteiger partial charge on any atom is 0.307 e. The number of aliphatic carboxylic acids is 1. The molecule has 1 saturated carbocycles. The van der Waals surface area contributed by atoms with Crippen LogP contribution in [0.2, 0.25) is 0 Å². The molecule has 3 nitrogen and oxygen atoms in total. The maximum atomic E-state index is 11.0. The van der Waals surface area contributed by atoms with Crippen LogP contribution in [0.1, 0.15) is 50.2 Å². The first-order valence-corrected chi connectivity index (χ1v) is 8.09. The fourth-order valence-corrected chi connectivity index (χ4v) is 3.44. The van der Waals surface area contributed by atoms with Gasteiger partial charge in [-0.25, -0.2) is 0 Å². The molecular formula is C18H27NO2. The standard InChI is InChI=1S/C18H27NO2/c1-3-14-8-10-17(11-9-14)19(2)13-16-7-5-4-6-15(16)12-18(20)21/h4-7,14,17H,3,8-13H2,1-2H3,(H,20,21). The molecule has 1 N–H and O–H groups in total. The molecule has 0 bridgehead atoms. The average molecular weight is 289 g/mol. The van der Waals surface area contributed by atoms with E-state index < -0.39 is 5.97 Å². The normalized spacial score (nSPS) is 22.4. The Morgan fingerprint density at radius 1 is 1.19 bits per heavy atom. The number of nitrogens with zero attached hydrogens (tertiary/aromatic N) is 1. The molecule has 1 aliphatic carbocycles. The van der Waals surface area contributed by atoms with E-state index in [1.165, 1.54) is 32.1 Å². The molecule has 1 aromatic rings. The van der Waals surface area contributed by atoms with E-state index >= 15 is 0 Å². The predicted octanol–water partition coefficient (Wildman–Crippen LogP) is 3.71. The molecule has 0 aromatic heterocycles. The van der Waals surface area contributed by atoms with E-state index in [-0.39, 0.29) is 6.42 Å². The number of rotatable bonds is 6. The SMILES string of the molecule is CCC1CCC(N(C)Cc2ccccc2CC(=O)O)CC1. The predicted molar refractivity (Wildman–Crippen MR) is 85.3 cm³/mol. The Bertz CT molecular complexity index is 464. The number of carboxylic acid groups (broad SMARTS) is 1. The van der Waals surface area contributed by atoms with Crippen LogP contribution in [-0.4, -0.2) is 29.1 Å². The van der Waals surface area contributed by atoms with E-state index in [0.29, 0.717) is 6.04 Å². The number of hydrogen-bond donors (Lipinski definition) is 1. The topological polar surface area (TPSA) is 40.5 Å². The smallest absolute Gasteiger partial charge is 0.307 e. The van der Waals surface area contributed by atoms with Crippen molar-refractivity contribution in [2.75, 3.05) is 7.05 Å². The second-order valence-electron chi connectivity index (χ2n) is 6.34. The molecule has 0 spiro atoms. The second-order valence-corrected chi connectivity index (χ2v) is 6.34. The second kappa shape index (κ2) is 7.60. The van der Waals surface area contributed by atoms with Crippen LogP contribution in [0, 0.1) is 5.92 Å². The molecule has 116 valence electrons. The van der Waals surface area contributed by atoms with Crippen LogP contribution in [-0.2, 0) is 17.8 Å². The van der Waals surface area contributed by atoms with Crippen molar-refractivity contribution in [2.45, 2.75) is 58.0 Å². The highest BCUT2D eigenvalue weighted by Gasteiger charge is 2.23. The zero-order valence-corrected chi connectivity index (χ0v) is 13.2. The van der Waals surface area contributed by atoms with Crippen LogP contribution in [0.15, 0.2) is 24.3 Å². The van der Waals surface area contributed by atoms with Crippen LogP contribution >= 0.6 is 0 Å². The van der Waals surface area contributed by atoms with Crippen LogP contribution in [0.5, 0.6) is 0 Å². The van der Waals surface area contributed by atoms with Crippen LogP contribution in [0.25, 0.3) is 0 Å². The molecule has 3 heteroatoms. The van der Waals surface area contributed by atoms with E-state index in [2.05, 4.69) is 24.9 Å². The first-order chi connectivity index (χ1) is 10.1. The minimum absolute atomic E-state index is 0.118. The van der Waals surface area contributed by atoms with Gasteiger partial charge in [-0.3, -0.25) is 9.69 Å². The molecule has 0 amide bonds. The molecule has 1 aliphatic rings. The summed E-state index contributed by atoms with van der Waals surface area (Å²) in [6.07, 6.45) is 6.64. The van der Waals surface area contributed by atoms with Crippen LogP contribution in [0.3, 0.4) is 0 Å². The van der Waals surface area contributed by atoms with E-state index in [1.807, 2.05) is 18.2 Å². The molecule has 0 heterocycles. The van der Waals surface area contributed by atoms with E-state index in [9.17, 15) is 4.79 Å². The van der Waals surface area contributed by atoms with E-state index in [0.717, 1.165) is 23.6 Å². The van der Waals surface area contributed by atoms with Gasteiger partial charge in [0, 0.05) is 12.6 Å². The minimum atomic E-state index is -0.756. The third-order valence-electron chi connectivity index (χ3n) is 4.90. The Balaban J connectivity index is 1.96. The van der Waals surface area contributed by atoms with Crippen molar-refractivity contribution < 1.29 is 9.90 Å². The summed E-state index contributed by atoms with van der Waals surface area (Å²) in [6, 6.07) is 8.57. The zero-order valence-electron chi connectivity index (χ0n) is 13.2. The lowest BCUT2D eigenvalue weighted by Gasteiger charge is -2.34. The first kappa shape index (κ1) is 16.0. The summed E-state index contributed by atoms with van der Waals surface area (Å²) in [5.74, 6) is 0.155. The molecule has 0 saturated heterocycles. The Morgan fingerprint density at radius 3 is 2.38 bits per heavy atom. The third-order valence-corrected chi connectivity index (χ3v) is 4.90. The largest absolute Gasteiger partial charge is 0.481 e. The summed E-state index contributed by atoms with van der Waals surface area (Å²) >= 11 is 0. The highest BCUT2D eigenvalue weighted by molar-refractivity contribution is 5.70. The summed E-state index contributed by atoms with van der Waals surface area (Å²) in [4.78, 5) is 13.4. The van der Waals surface area contributed by atoms with Crippen molar-refractivity contribution in [1.82, 2.24) is 4.90 Å².